The van der Waals surface area contributed by atoms with Crippen LogP contribution in [0.3, 0.4) is 0 Å². The first-order valence-electron chi connectivity index (χ1n) is 3.39. The number of rotatable bonds is 0. The van der Waals surface area contributed by atoms with Crippen LogP contribution in [0.1, 0.15) is 32.1 Å². The standard InChI is InChI=1S/C6H11.CH5N/c1-2-4-6-5-3-1;1-2/h1H,2-6H2;2H2,1H3. The first kappa shape index (κ1) is 7.96. The van der Waals surface area contributed by atoms with Gasteiger partial charge in [0.1, 0.15) is 0 Å². The van der Waals surface area contributed by atoms with Crippen molar-refractivity contribution in [1.82, 2.24) is 0 Å². The lowest BCUT2D eigenvalue weighted by molar-refractivity contribution is 0.593. The second-order valence-corrected chi connectivity index (χ2v) is 1.93. The van der Waals surface area contributed by atoms with Gasteiger partial charge < -0.3 is 5.73 Å². The Balaban J connectivity index is 0.000000222. The van der Waals surface area contributed by atoms with Crippen LogP contribution < -0.4 is 5.73 Å². The lowest BCUT2D eigenvalue weighted by Gasteiger charge is -2.05. The summed E-state index contributed by atoms with van der Waals surface area (Å²) in [5, 5.41) is 0. The molecule has 0 saturated heterocycles. The normalized spacial score (nSPS) is 18.8. The Morgan fingerprint density at radius 1 is 1.00 bits per heavy atom. The third-order valence-corrected chi connectivity index (χ3v) is 1.32. The van der Waals surface area contributed by atoms with Crippen LogP contribution >= 0.6 is 0 Å². The number of hydrogen-bond donors (Lipinski definition) is 1. The van der Waals surface area contributed by atoms with Gasteiger partial charge in [0, 0.05) is 0 Å². The van der Waals surface area contributed by atoms with Crippen LogP contribution in [0, 0.1) is 6.42 Å². The smallest absolute Gasteiger partial charge is 0.0195 e. The molecule has 1 saturated carbocycles. The van der Waals surface area contributed by atoms with Crippen molar-refractivity contribution >= 4 is 0 Å². The molecule has 0 atom stereocenters. The molecule has 0 heterocycles. The molecular weight excluding hydrogens is 98.1 g/mol. The van der Waals surface area contributed by atoms with Crippen molar-refractivity contribution in [3.8, 4) is 0 Å². The molecule has 2 N–H and O–H groups in total. The van der Waals surface area contributed by atoms with Crippen molar-refractivity contribution in [2.24, 2.45) is 5.73 Å². The Hall–Kier alpha value is -0.0400. The molecule has 0 unspecified atom stereocenters. The van der Waals surface area contributed by atoms with Gasteiger partial charge >= 0.3 is 0 Å². The average molecular weight is 114 g/mol. The van der Waals surface area contributed by atoms with E-state index in [4.69, 9.17) is 0 Å². The highest BCUT2D eigenvalue weighted by Crippen LogP contribution is 2.14. The van der Waals surface area contributed by atoms with Crippen molar-refractivity contribution in [3.05, 3.63) is 6.42 Å². The molecule has 1 rings (SSSR count). The van der Waals surface area contributed by atoms with Crippen molar-refractivity contribution in [1.29, 1.82) is 0 Å². The van der Waals surface area contributed by atoms with Gasteiger partial charge in [-0.05, 0) is 13.5 Å². The largest absolute Gasteiger partial charge is 0.333 e. The Bertz CT molecular complexity index is 19.9. The predicted molar refractivity (Wildman–Crippen MR) is 37.5 cm³/mol. The lowest BCUT2D eigenvalue weighted by atomic mass is 10.0. The zero-order valence-electron chi connectivity index (χ0n) is 5.69. The van der Waals surface area contributed by atoms with Gasteiger partial charge in [-0.25, -0.2) is 0 Å². The molecule has 1 aliphatic rings. The molecule has 0 aromatic carbocycles. The average Bonchev–Trinajstić information content (AvgIpc) is 1.96. The summed E-state index contributed by atoms with van der Waals surface area (Å²) in [4.78, 5) is 0. The third-order valence-electron chi connectivity index (χ3n) is 1.32. The Morgan fingerprint density at radius 2 is 1.50 bits per heavy atom. The molecule has 1 radical (unpaired) electrons. The third kappa shape index (κ3) is 4.13. The maximum Gasteiger partial charge on any atom is -0.0195 e. The second kappa shape index (κ2) is 6.96. The maximum absolute atomic E-state index is 4.50. The van der Waals surface area contributed by atoms with Gasteiger partial charge in [-0.2, -0.15) is 0 Å². The molecule has 0 bridgehead atoms. The van der Waals surface area contributed by atoms with Crippen LogP contribution in [-0.2, 0) is 0 Å². The molecule has 0 aromatic rings. The van der Waals surface area contributed by atoms with Gasteiger partial charge in [-0.3, -0.25) is 0 Å². The summed E-state index contributed by atoms with van der Waals surface area (Å²) in [6.45, 7) is 0. The summed E-state index contributed by atoms with van der Waals surface area (Å²) >= 11 is 0. The molecule has 0 aromatic heterocycles. The van der Waals surface area contributed by atoms with Crippen molar-refractivity contribution in [2.45, 2.75) is 32.1 Å². The summed E-state index contributed by atoms with van der Waals surface area (Å²) in [6.07, 6.45) is 9.50. The molecule has 1 nitrogen and oxygen atoms in total. The molecule has 0 amide bonds. The van der Waals surface area contributed by atoms with E-state index in [9.17, 15) is 0 Å². The highest BCUT2D eigenvalue weighted by molar-refractivity contribution is 4.69. The molecule has 0 spiro atoms. The van der Waals surface area contributed by atoms with Crippen LogP contribution in [-0.4, -0.2) is 7.05 Å². The van der Waals surface area contributed by atoms with Crippen molar-refractivity contribution < 1.29 is 0 Å². The van der Waals surface area contributed by atoms with Crippen molar-refractivity contribution in [3.63, 3.8) is 0 Å². The second-order valence-electron chi connectivity index (χ2n) is 1.93. The minimum absolute atomic E-state index is 1.38. The molecule has 49 valence electrons. The van der Waals surface area contributed by atoms with Gasteiger partial charge in [0.05, 0.1) is 0 Å². The van der Waals surface area contributed by atoms with Gasteiger partial charge in [-0.15, -0.1) is 0 Å². The maximum atomic E-state index is 4.50. The van der Waals surface area contributed by atoms with Gasteiger partial charge in [0.2, 0.25) is 0 Å². The first-order chi connectivity index (χ1) is 4.00. The van der Waals surface area contributed by atoms with Gasteiger partial charge in [-0.1, -0.05) is 32.1 Å². The Kier molecular flexibility index (Phi) is 6.93. The van der Waals surface area contributed by atoms with Crippen LogP contribution in [0.4, 0.5) is 0 Å². The zero-order valence-corrected chi connectivity index (χ0v) is 5.69. The van der Waals surface area contributed by atoms with E-state index in [1.54, 1.807) is 0 Å². The molecule has 0 aliphatic heterocycles. The number of nitrogens with two attached hydrogens (primary N) is 1. The lowest BCUT2D eigenvalue weighted by Crippen LogP contribution is -1.87. The Morgan fingerprint density at radius 3 is 1.62 bits per heavy atom. The van der Waals surface area contributed by atoms with E-state index in [2.05, 4.69) is 12.2 Å². The minimum atomic E-state index is 1.38. The van der Waals surface area contributed by atoms with E-state index in [0.29, 0.717) is 0 Å². The van der Waals surface area contributed by atoms with Crippen molar-refractivity contribution in [2.75, 3.05) is 7.05 Å². The van der Waals surface area contributed by atoms with E-state index in [-0.39, 0.29) is 0 Å². The van der Waals surface area contributed by atoms with E-state index >= 15 is 0 Å². The predicted octanol–water partition coefficient (Wildman–Crippen LogP) is 1.73. The van der Waals surface area contributed by atoms with E-state index < -0.39 is 0 Å². The first-order valence-corrected chi connectivity index (χ1v) is 3.39. The molecule has 1 fully saturated rings. The van der Waals surface area contributed by atoms with Crippen LogP contribution in [0.15, 0.2) is 0 Å². The van der Waals surface area contributed by atoms with E-state index in [0.717, 1.165) is 0 Å². The van der Waals surface area contributed by atoms with E-state index in [1.807, 2.05) is 0 Å². The SMILES string of the molecule is CN.[CH]1CCCCC1. The fraction of sp³-hybridized carbons (Fsp3) is 0.857. The molecule has 1 heteroatoms. The molecule has 1 aliphatic carbocycles. The van der Waals surface area contributed by atoms with Crippen LogP contribution in [0.25, 0.3) is 0 Å². The summed E-state index contributed by atoms with van der Waals surface area (Å²) in [7, 11) is 1.50. The zero-order chi connectivity index (χ0) is 6.24. The molecule has 8 heavy (non-hydrogen) atoms. The van der Waals surface area contributed by atoms with E-state index in [1.165, 1.54) is 39.2 Å². The topological polar surface area (TPSA) is 26.0 Å². The highest BCUT2D eigenvalue weighted by Gasteiger charge is 1.95. The van der Waals surface area contributed by atoms with Crippen LogP contribution in [0.2, 0.25) is 0 Å². The fourth-order valence-corrected chi connectivity index (χ4v) is 0.898. The van der Waals surface area contributed by atoms with Gasteiger partial charge in [0.25, 0.3) is 0 Å². The molecular formula is C7H16N. The number of hydrogen-bond acceptors (Lipinski definition) is 1. The summed E-state index contributed by atoms with van der Waals surface area (Å²) in [6, 6.07) is 0. The van der Waals surface area contributed by atoms with Gasteiger partial charge in [0.15, 0.2) is 0 Å². The fourth-order valence-electron chi connectivity index (χ4n) is 0.898. The quantitative estimate of drug-likeness (QED) is 0.510. The monoisotopic (exact) mass is 114 g/mol. The summed E-state index contributed by atoms with van der Waals surface area (Å²) in [5.41, 5.74) is 4.50. The minimum Gasteiger partial charge on any atom is -0.333 e. The summed E-state index contributed by atoms with van der Waals surface area (Å²) < 4.78 is 0. The highest BCUT2D eigenvalue weighted by atomic mass is 14.4. The Labute approximate surface area is 52.3 Å². The van der Waals surface area contributed by atoms with Crippen LogP contribution in [0.5, 0.6) is 0 Å². The summed E-state index contributed by atoms with van der Waals surface area (Å²) in [5.74, 6) is 0.